The molecular formula is C18H26N2O4. The number of ether oxygens (including phenoxy) is 1. The summed E-state index contributed by atoms with van der Waals surface area (Å²) in [5.74, 6) is 0.941. The quantitative estimate of drug-likeness (QED) is 0.869. The molecule has 1 saturated heterocycles. The molecule has 1 amide bonds. The Hall–Kier alpha value is -1.82. The molecule has 0 bridgehead atoms. The standard InChI is InChI=1S/C18H26N2O4/c1-17(2,3)15-14-7-18(23,6-11(14)10-20(15)16(21)22)12-5-13(24-4)9-19-8-12/h5,8-9,11,14-15,23H,6-7,10H2,1-4H3,(H,21,22). The van der Waals surface area contributed by atoms with Crippen LogP contribution >= 0.6 is 0 Å². The molecule has 4 unspecified atom stereocenters. The SMILES string of the molecule is COc1cncc(C2(O)CC3CN(C(=O)O)C(C(C)(C)C)C3C2)c1. The number of amides is 1. The first-order valence-electron chi connectivity index (χ1n) is 8.37. The zero-order valence-electron chi connectivity index (χ0n) is 14.7. The number of pyridine rings is 1. The van der Waals surface area contributed by atoms with Crippen LogP contribution in [0.1, 0.15) is 39.2 Å². The van der Waals surface area contributed by atoms with E-state index in [1.165, 1.54) is 0 Å². The van der Waals surface area contributed by atoms with Gasteiger partial charge in [-0.15, -0.1) is 0 Å². The van der Waals surface area contributed by atoms with E-state index in [1.807, 2.05) is 6.07 Å². The largest absolute Gasteiger partial charge is 0.495 e. The number of hydrogen-bond donors (Lipinski definition) is 2. The lowest BCUT2D eigenvalue weighted by atomic mass is 9.77. The normalized spacial score (nSPS) is 32.7. The third-order valence-corrected chi connectivity index (χ3v) is 5.57. The second kappa shape index (κ2) is 5.62. The van der Waals surface area contributed by atoms with E-state index >= 15 is 0 Å². The topological polar surface area (TPSA) is 82.9 Å². The maximum absolute atomic E-state index is 11.6. The van der Waals surface area contributed by atoms with Crippen LogP contribution in [0.2, 0.25) is 0 Å². The van der Waals surface area contributed by atoms with Gasteiger partial charge in [-0.2, -0.15) is 0 Å². The minimum absolute atomic E-state index is 0.0902. The van der Waals surface area contributed by atoms with Crippen molar-refractivity contribution >= 4 is 6.09 Å². The van der Waals surface area contributed by atoms with E-state index in [1.54, 1.807) is 24.4 Å². The molecule has 3 rings (SSSR count). The Morgan fingerprint density at radius 3 is 2.67 bits per heavy atom. The van der Waals surface area contributed by atoms with Crippen molar-refractivity contribution in [3.63, 3.8) is 0 Å². The number of methoxy groups -OCH3 is 1. The van der Waals surface area contributed by atoms with Crippen LogP contribution in [0, 0.1) is 17.3 Å². The molecule has 1 aliphatic heterocycles. The molecular weight excluding hydrogens is 308 g/mol. The highest BCUT2D eigenvalue weighted by Crippen LogP contribution is 2.54. The Labute approximate surface area is 142 Å². The average Bonchev–Trinajstić information content (AvgIpc) is 3.00. The minimum atomic E-state index is -0.967. The van der Waals surface area contributed by atoms with Gasteiger partial charge in [0.05, 0.1) is 18.9 Å². The average molecular weight is 334 g/mol. The summed E-state index contributed by atoms with van der Waals surface area (Å²) in [7, 11) is 1.58. The van der Waals surface area contributed by atoms with E-state index in [0.717, 1.165) is 5.56 Å². The molecule has 6 nitrogen and oxygen atoms in total. The molecule has 0 spiro atoms. The Morgan fingerprint density at radius 2 is 2.08 bits per heavy atom. The maximum Gasteiger partial charge on any atom is 0.407 e. The van der Waals surface area contributed by atoms with Gasteiger partial charge >= 0.3 is 6.09 Å². The van der Waals surface area contributed by atoms with Crippen LogP contribution < -0.4 is 4.74 Å². The van der Waals surface area contributed by atoms with E-state index < -0.39 is 11.7 Å². The first-order chi connectivity index (χ1) is 11.2. The molecule has 1 aromatic heterocycles. The van der Waals surface area contributed by atoms with E-state index in [9.17, 15) is 15.0 Å². The highest BCUT2D eigenvalue weighted by atomic mass is 16.5. The van der Waals surface area contributed by atoms with Gasteiger partial charge in [0.25, 0.3) is 0 Å². The van der Waals surface area contributed by atoms with Crippen molar-refractivity contribution in [3.05, 3.63) is 24.0 Å². The zero-order chi connectivity index (χ0) is 17.7. The minimum Gasteiger partial charge on any atom is -0.495 e. The summed E-state index contributed by atoms with van der Waals surface area (Å²) in [5.41, 5.74) is -0.383. The van der Waals surface area contributed by atoms with Crippen molar-refractivity contribution in [3.8, 4) is 5.75 Å². The van der Waals surface area contributed by atoms with Gasteiger partial charge < -0.3 is 19.8 Å². The van der Waals surface area contributed by atoms with Gasteiger partial charge in [-0.05, 0) is 36.2 Å². The van der Waals surface area contributed by atoms with Crippen LogP contribution in [0.3, 0.4) is 0 Å². The van der Waals surface area contributed by atoms with Crippen LogP contribution in [0.15, 0.2) is 18.5 Å². The summed E-state index contributed by atoms with van der Waals surface area (Å²) < 4.78 is 5.22. The predicted molar refractivity (Wildman–Crippen MR) is 88.9 cm³/mol. The molecule has 0 radical (unpaired) electrons. The molecule has 1 aromatic rings. The van der Waals surface area contributed by atoms with Crippen LogP contribution in [0.5, 0.6) is 5.75 Å². The highest BCUT2D eigenvalue weighted by Gasteiger charge is 2.57. The van der Waals surface area contributed by atoms with Crippen molar-refractivity contribution in [1.29, 1.82) is 0 Å². The van der Waals surface area contributed by atoms with Crippen LogP contribution in [0.4, 0.5) is 4.79 Å². The smallest absolute Gasteiger partial charge is 0.407 e. The molecule has 132 valence electrons. The van der Waals surface area contributed by atoms with Gasteiger partial charge in [-0.3, -0.25) is 4.98 Å². The lowest BCUT2D eigenvalue weighted by Gasteiger charge is -2.38. The third kappa shape index (κ3) is 2.73. The van der Waals surface area contributed by atoms with Gasteiger partial charge in [0.1, 0.15) is 5.75 Å². The number of rotatable bonds is 2. The first kappa shape index (κ1) is 17.0. The second-order valence-corrected chi connectivity index (χ2v) is 8.22. The number of fused-ring (bicyclic) bond motifs is 1. The number of carbonyl (C=O) groups is 1. The number of nitrogens with zero attached hydrogens (tertiary/aromatic N) is 2. The predicted octanol–water partition coefficient (Wildman–Crippen LogP) is 2.71. The molecule has 2 heterocycles. The Kier molecular flexibility index (Phi) is 3.98. The fraction of sp³-hybridized carbons (Fsp3) is 0.667. The van der Waals surface area contributed by atoms with E-state index in [2.05, 4.69) is 25.8 Å². The van der Waals surface area contributed by atoms with Crippen molar-refractivity contribution in [1.82, 2.24) is 9.88 Å². The summed E-state index contributed by atoms with van der Waals surface area (Å²) in [6, 6.07) is 1.74. The van der Waals surface area contributed by atoms with E-state index in [0.29, 0.717) is 25.1 Å². The number of aliphatic hydroxyl groups is 1. The molecule has 2 aliphatic rings. The van der Waals surface area contributed by atoms with Gasteiger partial charge in [-0.25, -0.2) is 4.79 Å². The first-order valence-corrected chi connectivity index (χ1v) is 8.37. The summed E-state index contributed by atoms with van der Waals surface area (Å²) in [5, 5.41) is 20.8. The molecule has 4 atom stereocenters. The van der Waals surface area contributed by atoms with Crippen molar-refractivity contribution in [2.75, 3.05) is 13.7 Å². The summed E-state index contributed by atoms with van der Waals surface area (Å²) >= 11 is 0. The Balaban J connectivity index is 1.90. The number of hydrogen-bond acceptors (Lipinski definition) is 4. The molecule has 24 heavy (non-hydrogen) atoms. The van der Waals surface area contributed by atoms with Crippen molar-refractivity contribution < 1.29 is 19.7 Å². The molecule has 1 aliphatic carbocycles. The lowest BCUT2D eigenvalue weighted by Crippen LogP contribution is -2.46. The fourth-order valence-electron chi connectivity index (χ4n) is 4.72. The lowest BCUT2D eigenvalue weighted by molar-refractivity contribution is 0.0167. The monoisotopic (exact) mass is 334 g/mol. The van der Waals surface area contributed by atoms with Gasteiger partial charge in [-0.1, -0.05) is 20.8 Å². The number of aromatic nitrogens is 1. The summed E-state index contributed by atoms with van der Waals surface area (Å²) in [6.45, 7) is 6.70. The number of carboxylic acid groups (broad SMARTS) is 1. The number of likely N-dealkylation sites (tertiary alicyclic amines) is 1. The van der Waals surface area contributed by atoms with Crippen LogP contribution in [0.25, 0.3) is 0 Å². The maximum atomic E-state index is 11.6. The Morgan fingerprint density at radius 1 is 1.38 bits per heavy atom. The van der Waals surface area contributed by atoms with E-state index in [4.69, 9.17) is 4.74 Å². The van der Waals surface area contributed by atoms with Crippen LogP contribution in [-0.2, 0) is 5.60 Å². The highest BCUT2D eigenvalue weighted by molar-refractivity contribution is 5.66. The summed E-state index contributed by atoms with van der Waals surface area (Å²) in [6.07, 6.45) is 3.55. The molecule has 1 saturated carbocycles. The van der Waals surface area contributed by atoms with E-state index in [-0.39, 0.29) is 23.3 Å². The van der Waals surface area contributed by atoms with Gasteiger partial charge in [0, 0.05) is 24.3 Å². The van der Waals surface area contributed by atoms with Crippen molar-refractivity contribution in [2.24, 2.45) is 17.3 Å². The van der Waals surface area contributed by atoms with Gasteiger partial charge in [0.15, 0.2) is 0 Å². The van der Waals surface area contributed by atoms with Gasteiger partial charge in [0.2, 0.25) is 0 Å². The van der Waals surface area contributed by atoms with Crippen molar-refractivity contribution in [2.45, 2.75) is 45.3 Å². The molecule has 2 N–H and O–H groups in total. The molecule has 6 heteroatoms. The summed E-state index contributed by atoms with van der Waals surface area (Å²) in [4.78, 5) is 17.4. The second-order valence-electron chi connectivity index (χ2n) is 8.22. The third-order valence-electron chi connectivity index (χ3n) is 5.57. The zero-order valence-corrected chi connectivity index (χ0v) is 14.7. The van der Waals surface area contributed by atoms with Crippen LogP contribution in [-0.4, -0.2) is 45.9 Å². The Bertz CT molecular complexity index is 642. The molecule has 0 aromatic carbocycles. The fourth-order valence-corrected chi connectivity index (χ4v) is 4.72. The molecule has 2 fully saturated rings.